The van der Waals surface area contributed by atoms with E-state index in [1.807, 2.05) is 25.1 Å². The molecule has 0 aliphatic carbocycles. The highest BCUT2D eigenvalue weighted by Gasteiger charge is 2.28. The van der Waals surface area contributed by atoms with Crippen LogP contribution in [-0.4, -0.2) is 34.6 Å². The van der Waals surface area contributed by atoms with Crippen molar-refractivity contribution >= 4 is 17.9 Å². The van der Waals surface area contributed by atoms with Crippen molar-refractivity contribution in [1.82, 2.24) is 15.0 Å². The zero-order valence-electron chi connectivity index (χ0n) is 16.1. The lowest BCUT2D eigenvalue weighted by Gasteiger charge is -2.16. The minimum absolute atomic E-state index is 0.140. The Kier molecular flexibility index (Phi) is 6.03. The lowest BCUT2D eigenvalue weighted by Crippen LogP contribution is -2.23. The zero-order valence-corrected chi connectivity index (χ0v) is 16.9. The topological polar surface area (TPSA) is 101 Å². The van der Waals surface area contributed by atoms with Crippen LogP contribution in [0.5, 0.6) is 17.4 Å². The van der Waals surface area contributed by atoms with Crippen molar-refractivity contribution in [1.29, 1.82) is 0 Å². The fraction of sp³-hybridized carbons (Fsp3) is 0.421. The quantitative estimate of drug-likeness (QED) is 0.614. The van der Waals surface area contributed by atoms with Gasteiger partial charge >= 0.3 is 0 Å². The minimum atomic E-state index is -0.450. The van der Waals surface area contributed by atoms with Crippen LogP contribution in [0.1, 0.15) is 43.4 Å². The van der Waals surface area contributed by atoms with E-state index in [1.165, 1.54) is 4.57 Å². The van der Waals surface area contributed by atoms with Crippen LogP contribution in [0.15, 0.2) is 28.1 Å². The van der Waals surface area contributed by atoms with E-state index in [0.29, 0.717) is 30.2 Å². The van der Waals surface area contributed by atoms with Gasteiger partial charge in [-0.15, -0.1) is 0 Å². The second kappa shape index (κ2) is 8.47. The highest BCUT2D eigenvalue weighted by Crippen LogP contribution is 2.34. The normalized spacial score (nSPS) is 15.8. The van der Waals surface area contributed by atoms with Gasteiger partial charge in [0, 0.05) is 18.5 Å². The number of aromatic hydroxyl groups is 1. The monoisotopic (exact) mass is 404 g/mol. The Hall–Kier alpha value is -2.81. The second-order valence-electron chi connectivity index (χ2n) is 6.52. The molecule has 9 heteroatoms. The summed E-state index contributed by atoms with van der Waals surface area (Å²) in [6, 6.07) is 5.29. The molecule has 3 rings (SSSR count). The van der Waals surface area contributed by atoms with Crippen molar-refractivity contribution in [2.75, 3.05) is 14.2 Å². The molecule has 3 N–H and O–H groups in total. The summed E-state index contributed by atoms with van der Waals surface area (Å²) in [5.74, 6) is 1.23. The van der Waals surface area contributed by atoms with E-state index in [4.69, 9.17) is 21.7 Å². The summed E-state index contributed by atoms with van der Waals surface area (Å²) >= 11 is 5.20. The Morgan fingerprint density at radius 3 is 2.82 bits per heavy atom. The van der Waals surface area contributed by atoms with E-state index < -0.39 is 5.56 Å². The number of nitrogens with one attached hydrogen (secondary N) is 2. The molecule has 0 spiro atoms. The molecule has 1 aliphatic rings. The number of unbranched alkanes of at least 4 members (excludes halogenated alkanes) is 1. The molecule has 0 radical (unpaired) electrons. The number of rotatable bonds is 7. The third kappa shape index (κ3) is 3.75. The molecule has 1 aromatic carbocycles. The van der Waals surface area contributed by atoms with Crippen LogP contribution >= 0.6 is 12.2 Å². The second-order valence-corrected chi connectivity index (χ2v) is 6.90. The first-order valence-corrected chi connectivity index (χ1v) is 9.51. The maximum absolute atomic E-state index is 12.5. The van der Waals surface area contributed by atoms with Gasteiger partial charge in [0.15, 0.2) is 4.77 Å². The van der Waals surface area contributed by atoms with Crippen molar-refractivity contribution in [3.63, 3.8) is 0 Å². The van der Waals surface area contributed by atoms with Gasteiger partial charge in [-0.05, 0) is 36.8 Å². The molecule has 1 aliphatic heterocycles. The van der Waals surface area contributed by atoms with Gasteiger partial charge in [0.25, 0.3) is 5.56 Å². The Morgan fingerprint density at radius 1 is 1.36 bits per heavy atom. The average molecular weight is 404 g/mol. The highest BCUT2D eigenvalue weighted by molar-refractivity contribution is 7.71. The highest BCUT2D eigenvalue weighted by atomic mass is 32.1. The molecule has 0 saturated heterocycles. The lowest BCUT2D eigenvalue weighted by molar-refractivity contribution is 0.392. The van der Waals surface area contributed by atoms with Gasteiger partial charge in [0.05, 0.1) is 26.0 Å². The van der Waals surface area contributed by atoms with Crippen LogP contribution in [0.25, 0.3) is 0 Å². The Balaban J connectivity index is 1.95. The van der Waals surface area contributed by atoms with Crippen molar-refractivity contribution in [3.8, 4) is 17.4 Å². The molecule has 1 aromatic heterocycles. The number of ether oxygens (including phenoxy) is 2. The van der Waals surface area contributed by atoms with Gasteiger partial charge in [0.2, 0.25) is 5.88 Å². The van der Waals surface area contributed by atoms with Gasteiger partial charge in [-0.25, -0.2) is 0 Å². The van der Waals surface area contributed by atoms with Gasteiger partial charge in [-0.1, -0.05) is 13.3 Å². The summed E-state index contributed by atoms with van der Waals surface area (Å²) in [6.07, 6.45) is 2.18. The Bertz CT molecular complexity index is 1010. The molecule has 28 heavy (non-hydrogen) atoms. The SMILES string of the molecule is CCCCn1c(O)c(C2=NNC(c3cc(OC)ccc3OC)C2)c(=O)[nH]c1=S. The van der Waals surface area contributed by atoms with E-state index in [-0.39, 0.29) is 22.3 Å². The first-order chi connectivity index (χ1) is 13.5. The molecule has 0 bridgehead atoms. The number of aromatic nitrogens is 2. The van der Waals surface area contributed by atoms with Crippen LogP contribution in [0.3, 0.4) is 0 Å². The number of methoxy groups -OCH3 is 2. The third-order valence-corrected chi connectivity index (χ3v) is 5.08. The Morgan fingerprint density at radius 2 is 2.14 bits per heavy atom. The lowest BCUT2D eigenvalue weighted by atomic mass is 9.99. The zero-order chi connectivity index (χ0) is 20.3. The van der Waals surface area contributed by atoms with E-state index in [1.54, 1.807) is 14.2 Å². The molecule has 0 amide bonds. The van der Waals surface area contributed by atoms with Crippen LogP contribution in [0.4, 0.5) is 0 Å². The largest absolute Gasteiger partial charge is 0.497 e. The van der Waals surface area contributed by atoms with E-state index >= 15 is 0 Å². The fourth-order valence-corrected chi connectivity index (χ4v) is 3.50. The number of hydrazone groups is 1. The van der Waals surface area contributed by atoms with Crippen LogP contribution in [-0.2, 0) is 6.54 Å². The maximum Gasteiger partial charge on any atom is 0.264 e. The van der Waals surface area contributed by atoms with Crippen molar-refractivity contribution in [2.24, 2.45) is 5.10 Å². The van der Waals surface area contributed by atoms with Crippen molar-refractivity contribution in [2.45, 2.75) is 38.8 Å². The summed E-state index contributed by atoms with van der Waals surface area (Å²) in [6.45, 7) is 2.57. The number of benzene rings is 1. The molecule has 2 heterocycles. The average Bonchev–Trinajstić information content (AvgIpc) is 3.16. The molecule has 8 nitrogen and oxygen atoms in total. The van der Waals surface area contributed by atoms with Gasteiger partial charge in [-0.3, -0.25) is 14.3 Å². The van der Waals surface area contributed by atoms with E-state index in [9.17, 15) is 9.90 Å². The smallest absolute Gasteiger partial charge is 0.264 e. The van der Waals surface area contributed by atoms with Gasteiger partial charge in [0.1, 0.15) is 17.1 Å². The minimum Gasteiger partial charge on any atom is -0.497 e. The fourth-order valence-electron chi connectivity index (χ4n) is 3.23. The number of aromatic amines is 1. The van der Waals surface area contributed by atoms with Crippen LogP contribution in [0.2, 0.25) is 0 Å². The summed E-state index contributed by atoms with van der Waals surface area (Å²) in [5.41, 5.74) is 4.05. The standard InChI is InChI=1S/C19H24N4O4S/c1-4-5-8-23-18(25)16(17(24)20-19(23)28)14-10-13(21-22-14)12-9-11(26-2)6-7-15(12)27-3/h6-7,9,13,21,25H,4-5,8,10H2,1-3H3,(H,20,24,28). The summed E-state index contributed by atoms with van der Waals surface area (Å²) in [5, 5.41) is 15.0. The van der Waals surface area contributed by atoms with Crippen LogP contribution in [0, 0.1) is 4.77 Å². The number of hydrogen-bond donors (Lipinski definition) is 3. The van der Waals surface area contributed by atoms with E-state index in [2.05, 4.69) is 15.5 Å². The van der Waals surface area contributed by atoms with E-state index in [0.717, 1.165) is 18.4 Å². The van der Waals surface area contributed by atoms with Gasteiger partial charge in [-0.2, -0.15) is 5.10 Å². The number of nitrogens with zero attached hydrogens (tertiary/aromatic N) is 2. The predicted octanol–water partition coefficient (Wildman–Crippen LogP) is 2.87. The molecule has 0 fully saturated rings. The van der Waals surface area contributed by atoms with Crippen molar-refractivity contribution in [3.05, 3.63) is 44.5 Å². The van der Waals surface area contributed by atoms with Crippen LogP contribution < -0.4 is 20.5 Å². The molecule has 1 unspecified atom stereocenters. The molecular formula is C19H24N4O4S. The molecule has 2 aromatic rings. The maximum atomic E-state index is 12.5. The summed E-state index contributed by atoms with van der Waals surface area (Å²) in [7, 11) is 3.19. The molecular weight excluding hydrogens is 380 g/mol. The number of H-pyrrole nitrogens is 1. The first kappa shape index (κ1) is 19.9. The molecule has 150 valence electrons. The summed E-state index contributed by atoms with van der Waals surface area (Å²) in [4.78, 5) is 15.1. The molecule has 1 atom stereocenters. The molecule has 0 saturated carbocycles. The third-order valence-electron chi connectivity index (χ3n) is 4.76. The van der Waals surface area contributed by atoms with Crippen molar-refractivity contribution < 1.29 is 14.6 Å². The van der Waals surface area contributed by atoms with Gasteiger partial charge < -0.3 is 20.0 Å². The number of hydrogen-bond acceptors (Lipinski definition) is 7. The predicted molar refractivity (Wildman–Crippen MR) is 109 cm³/mol. The Labute approximate surface area is 167 Å². The first-order valence-electron chi connectivity index (χ1n) is 9.10. The summed E-state index contributed by atoms with van der Waals surface area (Å²) < 4.78 is 12.5.